The summed E-state index contributed by atoms with van der Waals surface area (Å²) in [5.41, 5.74) is 18.0. The minimum Gasteiger partial charge on any atom is -0.687 e. The van der Waals surface area contributed by atoms with Gasteiger partial charge in [-0.05, 0) is 93.5 Å². The molecule has 0 bridgehead atoms. The molecule has 0 saturated heterocycles. The van der Waals surface area contributed by atoms with Crippen LogP contribution in [0.15, 0.2) is 188 Å². The number of pyridine rings is 2. The molecule has 0 N–H and O–H groups in total. The molecule has 57 heavy (non-hydrogen) atoms. The molecule has 0 spiro atoms. The lowest BCUT2D eigenvalue weighted by molar-refractivity contribution is 0.738. The Morgan fingerprint density at radius 3 is 1.89 bits per heavy atom. The Labute approximate surface area is 329 Å². The Kier molecular flexibility index (Phi) is 6.84. The second kappa shape index (κ2) is 12.3. The van der Waals surface area contributed by atoms with Crippen molar-refractivity contribution < 1.29 is 0 Å². The molecular weight excluding hydrogens is 695 g/mol. The van der Waals surface area contributed by atoms with Crippen molar-refractivity contribution in [1.82, 2.24) is 19.1 Å². The second-order valence-corrected chi connectivity index (χ2v) is 14.9. The van der Waals surface area contributed by atoms with Crippen LogP contribution >= 0.6 is 0 Å². The fraction of sp³-hybridized carbons (Fsp3) is 0.0385. The first kappa shape index (κ1) is 31.8. The predicted octanol–water partition coefficient (Wildman–Crippen LogP) is 12.4. The third-order valence-corrected chi connectivity index (χ3v) is 12.1. The molecule has 5 heteroatoms. The number of hydrogen-bond donors (Lipinski definition) is 0. The van der Waals surface area contributed by atoms with Gasteiger partial charge in [0, 0.05) is 45.8 Å². The average Bonchev–Trinajstić information content (AvgIpc) is 3.92. The molecule has 0 saturated carbocycles. The third-order valence-electron chi connectivity index (χ3n) is 12.1. The van der Waals surface area contributed by atoms with Crippen molar-refractivity contribution in [2.24, 2.45) is 0 Å². The van der Waals surface area contributed by atoms with Crippen LogP contribution < -0.4 is 0 Å². The van der Waals surface area contributed by atoms with Crippen LogP contribution in [0.4, 0.5) is 0 Å². The molecule has 6 aromatic carbocycles. The zero-order valence-electron chi connectivity index (χ0n) is 30.9. The van der Waals surface area contributed by atoms with E-state index in [0.717, 1.165) is 33.8 Å². The van der Waals surface area contributed by atoms with Crippen LogP contribution in [0.5, 0.6) is 0 Å². The van der Waals surface area contributed by atoms with Gasteiger partial charge in [0.05, 0.1) is 33.2 Å². The lowest BCUT2D eigenvalue weighted by atomic mass is 9.69. The zero-order valence-corrected chi connectivity index (χ0v) is 30.9. The summed E-state index contributed by atoms with van der Waals surface area (Å²) >= 11 is 0. The Bertz CT molecular complexity index is 3170. The van der Waals surface area contributed by atoms with E-state index in [0.29, 0.717) is 6.54 Å². The lowest BCUT2D eigenvalue weighted by Crippen LogP contribution is -2.29. The molecule has 5 nitrogen and oxygen atoms in total. The van der Waals surface area contributed by atoms with Crippen LogP contribution in [0, 0.1) is 0 Å². The SMILES string of the molecule is C1=Cc2c(c3ncccc3n2-c2ccc(-c3ccc(-n4c5ccccc5c5c6c(ccc54)C(c4ccccc4)(c4ccccc4)c4ncccc4-6)cc3)cc2)C[N-]1. The van der Waals surface area contributed by atoms with Crippen molar-refractivity contribution in [3.63, 3.8) is 0 Å². The summed E-state index contributed by atoms with van der Waals surface area (Å²) in [6.07, 6.45) is 7.80. The molecule has 10 aromatic rings. The molecule has 0 radical (unpaired) electrons. The minimum absolute atomic E-state index is 0.555. The summed E-state index contributed by atoms with van der Waals surface area (Å²) in [6.45, 7) is 0.651. The van der Waals surface area contributed by atoms with Crippen LogP contribution in [0.3, 0.4) is 0 Å². The number of rotatable bonds is 5. The van der Waals surface area contributed by atoms with Gasteiger partial charge in [0.25, 0.3) is 0 Å². The summed E-state index contributed by atoms with van der Waals surface area (Å²) in [7, 11) is 0. The highest BCUT2D eigenvalue weighted by atomic mass is 15.0. The van der Waals surface area contributed by atoms with E-state index in [1.807, 2.05) is 24.7 Å². The first-order valence-corrected chi connectivity index (χ1v) is 19.5. The van der Waals surface area contributed by atoms with Gasteiger partial charge in [-0.3, -0.25) is 9.97 Å². The Balaban J connectivity index is 1.000. The molecule has 4 aromatic heterocycles. The van der Waals surface area contributed by atoms with Crippen LogP contribution in [0.2, 0.25) is 0 Å². The largest absolute Gasteiger partial charge is 0.687 e. The van der Waals surface area contributed by atoms with Gasteiger partial charge < -0.3 is 14.5 Å². The number of aromatic nitrogens is 4. The molecule has 0 unspecified atom stereocenters. The van der Waals surface area contributed by atoms with E-state index < -0.39 is 5.41 Å². The number of nitrogens with zero attached hydrogens (tertiary/aromatic N) is 5. The summed E-state index contributed by atoms with van der Waals surface area (Å²) in [5, 5.41) is 6.99. The first-order chi connectivity index (χ1) is 28.3. The van der Waals surface area contributed by atoms with Gasteiger partial charge in [-0.15, -0.1) is 6.54 Å². The predicted molar refractivity (Wildman–Crippen MR) is 232 cm³/mol. The summed E-state index contributed by atoms with van der Waals surface area (Å²) < 4.78 is 4.72. The Morgan fingerprint density at radius 1 is 0.526 bits per heavy atom. The highest BCUT2D eigenvalue weighted by Crippen LogP contribution is 2.58. The van der Waals surface area contributed by atoms with Crippen LogP contribution in [0.1, 0.15) is 33.6 Å². The Morgan fingerprint density at radius 2 is 1.16 bits per heavy atom. The fourth-order valence-electron chi connectivity index (χ4n) is 9.77. The summed E-state index contributed by atoms with van der Waals surface area (Å²) in [4.78, 5) is 9.92. The molecule has 268 valence electrons. The minimum atomic E-state index is -0.555. The van der Waals surface area contributed by atoms with Gasteiger partial charge in [0.15, 0.2) is 0 Å². The van der Waals surface area contributed by atoms with Gasteiger partial charge in [0.1, 0.15) is 0 Å². The van der Waals surface area contributed by atoms with Crippen LogP contribution in [-0.4, -0.2) is 19.1 Å². The van der Waals surface area contributed by atoms with E-state index in [1.54, 1.807) is 0 Å². The quantitative estimate of drug-likeness (QED) is 0.177. The highest BCUT2D eigenvalue weighted by Gasteiger charge is 2.48. The summed E-state index contributed by atoms with van der Waals surface area (Å²) in [5.74, 6) is 0. The van der Waals surface area contributed by atoms with Crippen LogP contribution in [0.25, 0.3) is 77.9 Å². The highest BCUT2D eigenvalue weighted by molar-refractivity contribution is 6.18. The van der Waals surface area contributed by atoms with E-state index in [4.69, 9.17) is 9.97 Å². The van der Waals surface area contributed by atoms with Crippen molar-refractivity contribution in [1.29, 1.82) is 0 Å². The molecule has 1 aliphatic heterocycles. The van der Waals surface area contributed by atoms with Gasteiger partial charge in [-0.2, -0.15) is 6.20 Å². The van der Waals surface area contributed by atoms with E-state index in [1.165, 1.54) is 66.3 Å². The average molecular weight is 729 g/mol. The smallest absolute Gasteiger partial charge is 0.0907 e. The number of benzene rings is 6. The maximum absolute atomic E-state index is 5.21. The number of hydrogen-bond acceptors (Lipinski definition) is 2. The molecule has 0 amide bonds. The number of para-hydroxylation sites is 1. The first-order valence-electron chi connectivity index (χ1n) is 19.5. The van der Waals surface area contributed by atoms with E-state index in [9.17, 15) is 0 Å². The van der Waals surface area contributed by atoms with Gasteiger partial charge in [0.2, 0.25) is 0 Å². The maximum atomic E-state index is 5.21. The fourth-order valence-corrected chi connectivity index (χ4v) is 9.77. The molecule has 5 heterocycles. The zero-order chi connectivity index (χ0) is 37.5. The van der Waals surface area contributed by atoms with Crippen molar-refractivity contribution in [3.8, 4) is 33.6 Å². The van der Waals surface area contributed by atoms with Crippen molar-refractivity contribution in [3.05, 3.63) is 227 Å². The maximum Gasteiger partial charge on any atom is 0.0907 e. The topological polar surface area (TPSA) is 49.7 Å². The molecule has 2 aliphatic rings. The molecule has 12 rings (SSSR count). The molecular formula is C52H34N5-. The van der Waals surface area contributed by atoms with Crippen LogP contribution in [-0.2, 0) is 12.0 Å². The van der Waals surface area contributed by atoms with E-state index >= 15 is 0 Å². The summed E-state index contributed by atoms with van der Waals surface area (Å²) in [6, 6.07) is 61.6. The lowest BCUT2D eigenvalue weighted by Gasteiger charge is -2.32. The second-order valence-electron chi connectivity index (χ2n) is 14.9. The van der Waals surface area contributed by atoms with E-state index in [-0.39, 0.29) is 0 Å². The standard InChI is InChI=1S/C52H34N5/c1-3-11-36(12-4-1)52(37-13-5-2-6-14-37)43-27-28-46-49(48(43)41-16-9-31-55-51(41)52)40-15-7-8-17-44(40)56(46)38-23-19-34(20-24-38)35-21-25-39(26-22-35)57-45-29-32-53-33-42(45)50-47(57)18-10-30-54-50/h1-32H,33H2/q-1. The third kappa shape index (κ3) is 4.45. The number of fused-ring (bicyclic) bond motifs is 10. The molecule has 0 atom stereocenters. The molecule has 1 aliphatic carbocycles. The van der Waals surface area contributed by atoms with Gasteiger partial charge >= 0.3 is 0 Å². The monoisotopic (exact) mass is 728 g/mol. The van der Waals surface area contributed by atoms with Crippen molar-refractivity contribution in [2.75, 3.05) is 0 Å². The van der Waals surface area contributed by atoms with Gasteiger partial charge in [-0.25, -0.2) is 0 Å². The van der Waals surface area contributed by atoms with E-state index in [2.05, 4.69) is 184 Å². The molecule has 0 fully saturated rings. The van der Waals surface area contributed by atoms with Gasteiger partial charge in [-0.1, -0.05) is 121 Å². The van der Waals surface area contributed by atoms with Crippen molar-refractivity contribution in [2.45, 2.75) is 12.0 Å². The normalized spacial score (nSPS) is 13.8. The van der Waals surface area contributed by atoms with Crippen molar-refractivity contribution >= 4 is 38.9 Å². The Hall–Kier alpha value is -7.50.